The van der Waals surface area contributed by atoms with Crippen molar-refractivity contribution < 1.29 is 0 Å². The van der Waals surface area contributed by atoms with E-state index in [-0.39, 0.29) is 0 Å². The first-order valence-electron chi connectivity index (χ1n) is 7.72. The van der Waals surface area contributed by atoms with E-state index in [4.69, 9.17) is 5.73 Å². The fourth-order valence-electron chi connectivity index (χ4n) is 3.22. The van der Waals surface area contributed by atoms with E-state index >= 15 is 0 Å². The molecule has 2 heteroatoms. The zero-order chi connectivity index (χ0) is 13.7. The molecule has 2 rings (SSSR count). The van der Waals surface area contributed by atoms with E-state index in [2.05, 4.69) is 43.0 Å². The molecule has 1 aliphatic rings. The molecule has 0 spiro atoms. The molecule has 19 heavy (non-hydrogen) atoms. The van der Waals surface area contributed by atoms with Crippen molar-refractivity contribution in [2.75, 3.05) is 13.1 Å². The molecule has 2 N–H and O–H groups in total. The van der Waals surface area contributed by atoms with Crippen molar-refractivity contribution >= 4 is 0 Å². The van der Waals surface area contributed by atoms with Crippen LogP contribution < -0.4 is 5.73 Å². The van der Waals surface area contributed by atoms with Crippen molar-refractivity contribution in [3.8, 4) is 0 Å². The maximum atomic E-state index is 6.31. The summed E-state index contributed by atoms with van der Waals surface area (Å²) < 4.78 is 0. The summed E-state index contributed by atoms with van der Waals surface area (Å²) in [5.74, 6) is 0.693. The van der Waals surface area contributed by atoms with Crippen molar-refractivity contribution in [1.29, 1.82) is 0 Å². The molecular formula is C17H28N2. The van der Waals surface area contributed by atoms with Gasteiger partial charge in [-0.25, -0.2) is 0 Å². The largest absolute Gasteiger partial charge is 0.327 e. The Morgan fingerprint density at radius 3 is 3.00 bits per heavy atom. The SMILES string of the molecule is CCCC(N)C1CCCN(Cc2cccc(C)c2)C1. The van der Waals surface area contributed by atoms with Gasteiger partial charge < -0.3 is 5.73 Å². The lowest BCUT2D eigenvalue weighted by molar-refractivity contribution is 0.148. The number of rotatable bonds is 5. The van der Waals surface area contributed by atoms with Crippen LogP contribution in [-0.4, -0.2) is 24.0 Å². The Hall–Kier alpha value is -0.860. The second kappa shape index (κ2) is 7.06. The lowest BCUT2D eigenvalue weighted by Crippen LogP contribution is -2.43. The summed E-state index contributed by atoms with van der Waals surface area (Å²) in [6.07, 6.45) is 4.98. The minimum atomic E-state index is 0.394. The van der Waals surface area contributed by atoms with E-state index in [1.807, 2.05) is 0 Å². The van der Waals surface area contributed by atoms with Gasteiger partial charge in [0.25, 0.3) is 0 Å². The molecule has 1 heterocycles. The van der Waals surface area contributed by atoms with Crippen LogP contribution in [0.15, 0.2) is 24.3 Å². The Kier molecular flexibility index (Phi) is 5.41. The number of hydrogen-bond acceptors (Lipinski definition) is 2. The number of hydrogen-bond donors (Lipinski definition) is 1. The highest BCUT2D eigenvalue weighted by atomic mass is 15.1. The molecule has 106 valence electrons. The van der Waals surface area contributed by atoms with Gasteiger partial charge in [-0.3, -0.25) is 4.90 Å². The lowest BCUT2D eigenvalue weighted by Gasteiger charge is -2.35. The predicted octanol–water partition coefficient (Wildman–Crippen LogP) is 3.33. The van der Waals surface area contributed by atoms with Crippen LogP contribution in [0.2, 0.25) is 0 Å². The Labute approximate surface area is 118 Å². The number of piperidine rings is 1. The van der Waals surface area contributed by atoms with Gasteiger partial charge in [0.15, 0.2) is 0 Å². The Morgan fingerprint density at radius 1 is 1.42 bits per heavy atom. The van der Waals surface area contributed by atoms with Crippen LogP contribution in [0.4, 0.5) is 0 Å². The minimum absolute atomic E-state index is 0.394. The van der Waals surface area contributed by atoms with E-state index in [1.54, 1.807) is 0 Å². The molecule has 1 fully saturated rings. The molecule has 0 amide bonds. The van der Waals surface area contributed by atoms with E-state index < -0.39 is 0 Å². The van der Waals surface area contributed by atoms with Crippen molar-refractivity contribution in [2.45, 2.75) is 52.1 Å². The average molecular weight is 260 g/mol. The first-order valence-corrected chi connectivity index (χ1v) is 7.72. The fraction of sp³-hybridized carbons (Fsp3) is 0.647. The zero-order valence-electron chi connectivity index (χ0n) is 12.4. The van der Waals surface area contributed by atoms with Gasteiger partial charge in [-0.1, -0.05) is 43.2 Å². The molecule has 0 bridgehead atoms. The standard InChI is InChI=1S/C17H28N2/c1-3-6-17(18)16-9-5-10-19(13-16)12-15-8-4-7-14(2)11-15/h4,7-8,11,16-17H,3,5-6,9-10,12-13,18H2,1-2H3. The van der Waals surface area contributed by atoms with Crippen LogP contribution in [0.5, 0.6) is 0 Å². The highest BCUT2D eigenvalue weighted by Gasteiger charge is 2.24. The van der Waals surface area contributed by atoms with Crippen LogP contribution in [0, 0.1) is 12.8 Å². The molecule has 2 nitrogen and oxygen atoms in total. The Morgan fingerprint density at radius 2 is 2.26 bits per heavy atom. The van der Waals surface area contributed by atoms with Gasteiger partial charge >= 0.3 is 0 Å². The molecule has 2 unspecified atom stereocenters. The zero-order valence-corrected chi connectivity index (χ0v) is 12.4. The number of nitrogens with two attached hydrogens (primary N) is 1. The molecule has 1 aromatic rings. The first-order chi connectivity index (χ1) is 9.19. The summed E-state index contributed by atoms with van der Waals surface area (Å²) in [6.45, 7) is 7.88. The van der Waals surface area contributed by atoms with Gasteiger partial charge in [0.05, 0.1) is 0 Å². The number of benzene rings is 1. The van der Waals surface area contributed by atoms with Gasteiger partial charge in [-0.15, -0.1) is 0 Å². The quantitative estimate of drug-likeness (QED) is 0.880. The summed E-state index contributed by atoms with van der Waals surface area (Å²) in [7, 11) is 0. The summed E-state index contributed by atoms with van der Waals surface area (Å²) in [4.78, 5) is 2.58. The highest BCUT2D eigenvalue weighted by molar-refractivity contribution is 5.22. The third-order valence-corrected chi connectivity index (χ3v) is 4.26. The van der Waals surface area contributed by atoms with E-state index in [0.717, 1.165) is 6.54 Å². The smallest absolute Gasteiger partial charge is 0.0233 e. The summed E-state index contributed by atoms with van der Waals surface area (Å²) in [5.41, 5.74) is 9.10. The van der Waals surface area contributed by atoms with Gasteiger partial charge in [0, 0.05) is 19.1 Å². The molecular weight excluding hydrogens is 232 g/mol. The molecule has 1 aliphatic heterocycles. The van der Waals surface area contributed by atoms with E-state index in [1.165, 1.54) is 49.9 Å². The van der Waals surface area contributed by atoms with Crippen molar-refractivity contribution in [3.05, 3.63) is 35.4 Å². The van der Waals surface area contributed by atoms with Gasteiger partial charge in [0.1, 0.15) is 0 Å². The van der Waals surface area contributed by atoms with Crippen LogP contribution in [0.3, 0.4) is 0 Å². The highest BCUT2D eigenvalue weighted by Crippen LogP contribution is 2.22. The van der Waals surface area contributed by atoms with Crippen LogP contribution in [0.25, 0.3) is 0 Å². The molecule has 0 saturated carbocycles. The topological polar surface area (TPSA) is 29.3 Å². The lowest BCUT2D eigenvalue weighted by atomic mass is 9.88. The second-order valence-corrected chi connectivity index (χ2v) is 6.08. The third-order valence-electron chi connectivity index (χ3n) is 4.26. The van der Waals surface area contributed by atoms with Crippen LogP contribution >= 0.6 is 0 Å². The van der Waals surface area contributed by atoms with Crippen LogP contribution in [0.1, 0.15) is 43.7 Å². The molecule has 0 aliphatic carbocycles. The van der Waals surface area contributed by atoms with E-state index in [0.29, 0.717) is 12.0 Å². The third kappa shape index (κ3) is 4.32. The monoisotopic (exact) mass is 260 g/mol. The number of likely N-dealkylation sites (tertiary alicyclic amines) is 1. The Bertz CT molecular complexity index is 389. The molecule has 0 radical (unpaired) electrons. The van der Waals surface area contributed by atoms with Gasteiger partial charge in [-0.05, 0) is 44.2 Å². The van der Waals surface area contributed by atoms with E-state index in [9.17, 15) is 0 Å². The normalized spacial score (nSPS) is 22.4. The summed E-state index contributed by atoms with van der Waals surface area (Å²) in [6, 6.07) is 9.26. The van der Waals surface area contributed by atoms with Crippen LogP contribution in [-0.2, 0) is 6.54 Å². The minimum Gasteiger partial charge on any atom is -0.327 e. The maximum absolute atomic E-state index is 6.31. The number of aryl methyl sites for hydroxylation is 1. The summed E-state index contributed by atoms with van der Waals surface area (Å²) >= 11 is 0. The average Bonchev–Trinajstić information content (AvgIpc) is 2.39. The van der Waals surface area contributed by atoms with Gasteiger partial charge in [-0.2, -0.15) is 0 Å². The maximum Gasteiger partial charge on any atom is 0.0233 e. The second-order valence-electron chi connectivity index (χ2n) is 6.08. The number of nitrogens with zero attached hydrogens (tertiary/aromatic N) is 1. The van der Waals surface area contributed by atoms with Crippen molar-refractivity contribution in [1.82, 2.24) is 4.90 Å². The predicted molar refractivity (Wildman–Crippen MR) is 82.1 cm³/mol. The van der Waals surface area contributed by atoms with Crippen molar-refractivity contribution in [2.24, 2.45) is 11.7 Å². The first kappa shape index (κ1) is 14.5. The van der Waals surface area contributed by atoms with Crippen molar-refractivity contribution in [3.63, 3.8) is 0 Å². The summed E-state index contributed by atoms with van der Waals surface area (Å²) in [5, 5.41) is 0. The fourth-order valence-corrected chi connectivity index (χ4v) is 3.22. The Balaban J connectivity index is 1.90. The van der Waals surface area contributed by atoms with Gasteiger partial charge in [0.2, 0.25) is 0 Å². The molecule has 0 aromatic heterocycles. The molecule has 2 atom stereocenters. The molecule has 1 aromatic carbocycles. The molecule has 1 saturated heterocycles.